The number of nitrogens with two attached hydrogens (primary N) is 2. The summed E-state index contributed by atoms with van der Waals surface area (Å²) in [6, 6.07) is 5.04. The number of nitrogens with one attached hydrogen (secondary N) is 1. The average molecular weight is 541 g/mol. The summed E-state index contributed by atoms with van der Waals surface area (Å²) < 4.78 is 11.0. The number of nitrogens with zero attached hydrogens (tertiary/aromatic N) is 1. The molecule has 1 saturated heterocycles. The molecule has 1 fully saturated rings. The van der Waals surface area contributed by atoms with Gasteiger partial charge in [0.1, 0.15) is 17.4 Å². The number of piperidine rings is 1. The molecule has 1 aromatic carbocycles. The molecule has 0 radical (unpaired) electrons. The first-order chi connectivity index (χ1) is 16.7. The van der Waals surface area contributed by atoms with Crippen LogP contribution in [-0.2, 0) is 25.5 Å². The second-order valence-electron chi connectivity index (χ2n) is 10.7. The molecule has 1 aliphatic rings. The first kappa shape index (κ1) is 32.2. The highest BCUT2D eigenvalue weighted by Crippen LogP contribution is 2.20. The largest absolute Gasteiger partial charge is 0.458 e. The van der Waals surface area contributed by atoms with Gasteiger partial charge < -0.3 is 31.2 Å². The quantitative estimate of drug-likeness (QED) is 0.406. The Kier molecular flexibility index (Phi) is 12.3. The van der Waals surface area contributed by atoms with Gasteiger partial charge in [0.25, 0.3) is 0 Å². The van der Waals surface area contributed by atoms with Crippen molar-refractivity contribution in [2.75, 3.05) is 13.1 Å². The van der Waals surface area contributed by atoms with Crippen molar-refractivity contribution in [3.8, 4) is 5.75 Å². The maximum absolute atomic E-state index is 12.8. The summed E-state index contributed by atoms with van der Waals surface area (Å²) in [6.45, 7) is 10.0. The van der Waals surface area contributed by atoms with E-state index in [1.807, 2.05) is 13.8 Å². The summed E-state index contributed by atoms with van der Waals surface area (Å²) >= 11 is 0. The normalized spacial score (nSPS) is 15.8. The zero-order chi connectivity index (χ0) is 27.0. The summed E-state index contributed by atoms with van der Waals surface area (Å²) in [6.07, 6.45) is 1.21. The predicted octanol–water partition coefficient (Wildman–Crippen LogP) is 2.55. The third-order valence-electron chi connectivity index (χ3n) is 5.79. The lowest BCUT2D eigenvalue weighted by molar-refractivity contribution is -0.158. The highest BCUT2D eigenvalue weighted by molar-refractivity contribution is 5.87. The zero-order valence-corrected chi connectivity index (χ0v) is 23.1. The number of amides is 3. The number of hydrogen-bond donors (Lipinski definition) is 3. The first-order valence-electron chi connectivity index (χ1n) is 12.4. The monoisotopic (exact) mass is 540 g/mol. The number of hydrogen-bond acceptors (Lipinski definition) is 7. The Morgan fingerprint density at radius 1 is 1.08 bits per heavy atom. The number of halogens is 1. The molecule has 5 N–H and O–H groups in total. The molecule has 1 aliphatic heterocycles. The van der Waals surface area contributed by atoms with Gasteiger partial charge in [-0.15, -0.1) is 12.4 Å². The molecule has 1 heterocycles. The molecule has 2 unspecified atom stereocenters. The number of likely N-dealkylation sites (tertiary alicyclic amines) is 1. The van der Waals surface area contributed by atoms with Crippen molar-refractivity contribution in [2.24, 2.45) is 23.3 Å². The van der Waals surface area contributed by atoms with Crippen LogP contribution in [0.4, 0.5) is 4.79 Å². The Morgan fingerprint density at radius 2 is 1.65 bits per heavy atom. The van der Waals surface area contributed by atoms with Crippen LogP contribution in [0.2, 0.25) is 0 Å². The van der Waals surface area contributed by atoms with Crippen molar-refractivity contribution in [3.05, 3.63) is 29.8 Å². The van der Waals surface area contributed by atoms with Crippen LogP contribution in [0, 0.1) is 11.8 Å². The Bertz CT molecular complexity index is 924. The van der Waals surface area contributed by atoms with Gasteiger partial charge in [-0.25, -0.2) is 9.59 Å². The molecule has 2 atom stereocenters. The number of carbonyl (C=O) groups excluding carboxylic acids is 4. The Balaban J connectivity index is 0.00000684. The molecule has 208 valence electrons. The van der Waals surface area contributed by atoms with E-state index in [2.05, 4.69) is 5.32 Å². The Morgan fingerprint density at radius 3 is 2.14 bits per heavy atom. The van der Waals surface area contributed by atoms with Gasteiger partial charge in [-0.05, 0) is 63.6 Å². The van der Waals surface area contributed by atoms with Crippen LogP contribution in [0.5, 0.6) is 5.75 Å². The van der Waals surface area contributed by atoms with E-state index >= 15 is 0 Å². The highest BCUT2D eigenvalue weighted by Gasteiger charge is 2.29. The van der Waals surface area contributed by atoms with Gasteiger partial charge >= 0.3 is 12.1 Å². The number of carbonyl (C=O) groups is 4. The minimum absolute atomic E-state index is 0. The molecule has 0 bridgehead atoms. The third-order valence-corrected chi connectivity index (χ3v) is 5.79. The molecular formula is C26H41ClN4O6. The van der Waals surface area contributed by atoms with Crippen molar-refractivity contribution in [1.29, 1.82) is 0 Å². The van der Waals surface area contributed by atoms with Gasteiger partial charge in [-0.3, -0.25) is 9.59 Å². The van der Waals surface area contributed by atoms with E-state index in [9.17, 15) is 19.2 Å². The molecule has 0 saturated carbocycles. The maximum Gasteiger partial charge on any atom is 0.415 e. The van der Waals surface area contributed by atoms with Crippen molar-refractivity contribution in [3.63, 3.8) is 0 Å². The second-order valence-corrected chi connectivity index (χ2v) is 10.7. The molecule has 1 aromatic rings. The highest BCUT2D eigenvalue weighted by atomic mass is 35.5. The fourth-order valence-electron chi connectivity index (χ4n) is 3.90. The minimum atomic E-state index is -0.921. The molecule has 37 heavy (non-hydrogen) atoms. The van der Waals surface area contributed by atoms with Crippen LogP contribution in [0.25, 0.3) is 0 Å². The van der Waals surface area contributed by atoms with E-state index in [4.69, 9.17) is 20.9 Å². The SMILES string of the molecule is CC(C)CC(N)C(=O)NC(Cc1ccc(OC(=O)N2CCC(C(N)=O)CC2)cc1)C(=O)OC(C)(C)C.Cl. The average Bonchev–Trinajstić information content (AvgIpc) is 2.78. The van der Waals surface area contributed by atoms with Crippen molar-refractivity contribution in [2.45, 2.75) is 78.0 Å². The standard InChI is InChI=1S/C26H40N4O6.ClH/c1-16(2)14-20(27)23(32)29-21(24(33)36-26(3,4)5)15-17-6-8-19(9-7-17)35-25(34)30-12-10-18(11-13-30)22(28)31;/h6-9,16,18,20-21H,10-15,27H2,1-5H3,(H2,28,31)(H,29,32);1H. The summed E-state index contributed by atoms with van der Waals surface area (Å²) in [5.74, 6) is -0.950. The Labute approximate surface area is 225 Å². The zero-order valence-electron chi connectivity index (χ0n) is 22.3. The van der Waals surface area contributed by atoms with E-state index in [1.54, 1.807) is 49.9 Å². The van der Waals surface area contributed by atoms with Crippen LogP contribution in [0.1, 0.15) is 59.4 Å². The Hall–Kier alpha value is -2.85. The van der Waals surface area contributed by atoms with Gasteiger partial charge in [0.15, 0.2) is 0 Å². The molecule has 10 nitrogen and oxygen atoms in total. The summed E-state index contributed by atoms with van der Waals surface area (Å²) in [4.78, 5) is 50.7. The van der Waals surface area contributed by atoms with Gasteiger partial charge in [0.05, 0.1) is 6.04 Å². The van der Waals surface area contributed by atoms with Crippen molar-refractivity contribution in [1.82, 2.24) is 10.2 Å². The number of rotatable bonds is 9. The maximum atomic E-state index is 12.8. The van der Waals surface area contributed by atoms with Crippen LogP contribution < -0.4 is 21.5 Å². The van der Waals surface area contributed by atoms with E-state index in [-0.39, 0.29) is 36.6 Å². The predicted molar refractivity (Wildman–Crippen MR) is 142 cm³/mol. The first-order valence-corrected chi connectivity index (χ1v) is 12.4. The number of esters is 1. The van der Waals surface area contributed by atoms with E-state index in [1.165, 1.54) is 0 Å². The lowest BCUT2D eigenvalue weighted by atomic mass is 9.97. The third kappa shape index (κ3) is 11.0. The van der Waals surface area contributed by atoms with Crippen LogP contribution in [0.3, 0.4) is 0 Å². The van der Waals surface area contributed by atoms with Crippen molar-refractivity contribution < 1.29 is 28.7 Å². The van der Waals surface area contributed by atoms with Crippen LogP contribution in [-0.4, -0.2) is 59.6 Å². The summed E-state index contributed by atoms with van der Waals surface area (Å²) in [7, 11) is 0. The molecular weight excluding hydrogens is 500 g/mol. The molecule has 0 spiro atoms. The van der Waals surface area contributed by atoms with E-state index < -0.39 is 35.7 Å². The molecule has 0 aliphatic carbocycles. The second kappa shape index (κ2) is 14.2. The lowest BCUT2D eigenvalue weighted by Crippen LogP contribution is -2.51. The topological polar surface area (TPSA) is 154 Å². The lowest BCUT2D eigenvalue weighted by Gasteiger charge is -2.29. The smallest absolute Gasteiger partial charge is 0.415 e. The molecule has 2 rings (SSSR count). The number of ether oxygens (including phenoxy) is 2. The minimum Gasteiger partial charge on any atom is -0.458 e. The van der Waals surface area contributed by atoms with Crippen molar-refractivity contribution >= 4 is 36.3 Å². The van der Waals surface area contributed by atoms with Gasteiger partial charge in [-0.2, -0.15) is 0 Å². The van der Waals surface area contributed by atoms with Crippen LogP contribution in [0.15, 0.2) is 24.3 Å². The molecule has 0 aromatic heterocycles. The summed E-state index contributed by atoms with van der Waals surface area (Å²) in [5.41, 5.74) is 11.4. The molecule has 3 amide bonds. The summed E-state index contributed by atoms with van der Waals surface area (Å²) in [5, 5.41) is 2.73. The number of benzene rings is 1. The fraction of sp³-hybridized carbons (Fsp3) is 0.615. The van der Waals surface area contributed by atoms with E-state index in [0.717, 1.165) is 5.56 Å². The van der Waals surface area contributed by atoms with Gasteiger partial charge in [0.2, 0.25) is 11.8 Å². The number of primary amides is 1. The fourth-order valence-corrected chi connectivity index (χ4v) is 3.90. The molecule has 11 heteroatoms. The van der Waals surface area contributed by atoms with Crippen LogP contribution >= 0.6 is 12.4 Å². The van der Waals surface area contributed by atoms with Gasteiger partial charge in [0, 0.05) is 25.4 Å². The van der Waals surface area contributed by atoms with Gasteiger partial charge in [-0.1, -0.05) is 26.0 Å². The van der Waals surface area contributed by atoms with E-state index in [0.29, 0.717) is 38.1 Å².